The highest BCUT2D eigenvalue weighted by molar-refractivity contribution is 5.91. The highest BCUT2D eigenvalue weighted by Gasteiger charge is 2.39. The van der Waals surface area contributed by atoms with Gasteiger partial charge in [0.2, 0.25) is 0 Å². The number of nitrogens with zero attached hydrogens (tertiary/aromatic N) is 1. The van der Waals surface area contributed by atoms with Crippen molar-refractivity contribution in [3.63, 3.8) is 0 Å². The lowest BCUT2D eigenvalue weighted by atomic mass is 9.70. The van der Waals surface area contributed by atoms with Crippen LogP contribution in [0, 0.1) is 5.41 Å². The minimum absolute atomic E-state index is 0.0288. The zero-order valence-corrected chi connectivity index (χ0v) is 10.5. The average molecular weight is 237 g/mol. The van der Waals surface area contributed by atoms with Gasteiger partial charge in [-0.15, -0.1) is 0 Å². The summed E-state index contributed by atoms with van der Waals surface area (Å²) >= 11 is 0. The molecular formula is C13H19NO3. The number of hydrogen-bond acceptors (Lipinski definition) is 3. The Bertz CT molecular complexity index is 375. The maximum absolute atomic E-state index is 11.7. The van der Waals surface area contributed by atoms with E-state index in [2.05, 4.69) is 6.92 Å². The standard InChI is InChI=1S/C13H19NO3/c1-3-17-12(16)14-7-5-10-8-11(15)4-6-13(10,2)9-14/h8H,3-7,9H2,1-2H3/t13-/m0/s1. The van der Waals surface area contributed by atoms with Crippen LogP contribution in [0.5, 0.6) is 0 Å². The molecule has 17 heavy (non-hydrogen) atoms. The molecular weight excluding hydrogens is 218 g/mol. The summed E-state index contributed by atoms with van der Waals surface area (Å²) in [4.78, 5) is 24.9. The van der Waals surface area contributed by atoms with Gasteiger partial charge in [-0.25, -0.2) is 4.79 Å². The molecule has 0 aromatic rings. The van der Waals surface area contributed by atoms with Gasteiger partial charge in [0, 0.05) is 24.9 Å². The topological polar surface area (TPSA) is 46.6 Å². The molecule has 94 valence electrons. The first-order valence-electron chi connectivity index (χ1n) is 6.21. The van der Waals surface area contributed by atoms with E-state index in [9.17, 15) is 9.59 Å². The summed E-state index contributed by atoms with van der Waals surface area (Å²) in [6, 6.07) is 0. The van der Waals surface area contributed by atoms with E-state index in [-0.39, 0.29) is 17.3 Å². The van der Waals surface area contributed by atoms with Crippen molar-refractivity contribution in [1.82, 2.24) is 4.90 Å². The molecule has 0 bridgehead atoms. The van der Waals surface area contributed by atoms with Crippen LogP contribution in [0.1, 0.15) is 33.1 Å². The summed E-state index contributed by atoms with van der Waals surface area (Å²) in [5, 5.41) is 0. The van der Waals surface area contributed by atoms with Gasteiger partial charge in [-0.3, -0.25) is 4.79 Å². The fourth-order valence-electron chi connectivity index (χ4n) is 2.68. The zero-order chi connectivity index (χ0) is 12.5. The molecule has 4 nitrogen and oxygen atoms in total. The molecule has 0 aromatic carbocycles. The Labute approximate surface area is 102 Å². The number of allylic oxidation sites excluding steroid dienone is 1. The number of carbonyl (C=O) groups is 2. The quantitative estimate of drug-likeness (QED) is 0.702. The van der Waals surface area contributed by atoms with Crippen molar-refractivity contribution < 1.29 is 14.3 Å². The van der Waals surface area contributed by atoms with Crippen LogP contribution in [-0.2, 0) is 9.53 Å². The van der Waals surface area contributed by atoms with Crippen molar-refractivity contribution in [2.45, 2.75) is 33.1 Å². The normalized spacial score (nSPS) is 28.5. The van der Waals surface area contributed by atoms with Gasteiger partial charge in [-0.05, 0) is 25.8 Å². The number of ether oxygens (including phenoxy) is 1. The van der Waals surface area contributed by atoms with Crippen LogP contribution < -0.4 is 0 Å². The van der Waals surface area contributed by atoms with E-state index in [0.717, 1.165) is 12.8 Å². The molecule has 0 spiro atoms. The van der Waals surface area contributed by atoms with E-state index >= 15 is 0 Å². The number of ketones is 1. The van der Waals surface area contributed by atoms with E-state index in [1.54, 1.807) is 11.0 Å². The monoisotopic (exact) mass is 237 g/mol. The fraction of sp³-hybridized carbons (Fsp3) is 0.692. The highest BCUT2D eigenvalue weighted by atomic mass is 16.6. The SMILES string of the molecule is CCOC(=O)N1CCC2=CC(=O)CC[C@@]2(C)C1. The lowest BCUT2D eigenvalue weighted by Gasteiger charge is -2.43. The lowest BCUT2D eigenvalue weighted by molar-refractivity contribution is -0.116. The molecule has 1 heterocycles. The van der Waals surface area contributed by atoms with E-state index in [4.69, 9.17) is 4.74 Å². The number of amides is 1. The number of rotatable bonds is 1. The van der Waals surface area contributed by atoms with Crippen molar-refractivity contribution in [2.24, 2.45) is 5.41 Å². The number of hydrogen-bond donors (Lipinski definition) is 0. The van der Waals surface area contributed by atoms with Gasteiger partial charge in [0.1, 0.15) is 0 Å². The maximum Gasteiger partial charge on any atom is 0.409 e. The molecule has 0 aromatic heterocycles. The molecule has 1 amide bonds. The van der Waals surface area contributed by atoms with Gasteiger partial charge >= 0.3 is 6.09 Å². The first-order valence-corrected chi connectivity index (χ1v) is 6.21. The molecule has 0 saturated carbocycles. The molecule has 4 heteroatoms. The Hall–Kier alpha value is -1.32. The van der Waals surface area contributed by atoms with E-state index < -0.39 is 0 Å². The minimum atomic E-state index is -0.232. The number of likely N-dealkylation sites (tertiary alicyclic amines) is 1. The van der Waals surface area contributed by atoms with Crippen LogP contribution in [0.25, 0.3) is 0 Å². The average Bonchev–Trinajstić information content (AvgIpc) is 2.29. The Morgan fingerprint density at radius 3 is 3.00 bits per heavy atom. The predicted molar refractivity (Wildman–Crippen MR) is 63.6 cm³/mol. The second-order valence-electron chi connectivity index (χ2n) is 5.07. The van der Waals surface area contributed by atoms with Crippen LogP contribution >= 0.6 is 0 Å². The van der Waals surface area contributed by atoms with Crippen molar-refractivity contribution in [2.75, 3.05) is 19.7 Å². The van der Waals surface area contributed by atoms with Crippen LogP contribution in [0.2, 0.25) is 0 Å². The summed E-state index contributed by atoms with van der Waals surface area (Å²) in [6.45, 7) is 5.69. The van der Waals surface area contributed by atoms with E-state index in [0.29, 0.717) is 26.1 Å². The highest BCUT2D eigenvalue weighted by Crippen LogP contribution is 2.41. The first kappa shape index (κ1) is 12.1. The van der Waals surface area contributed by atoms with Gasteiger partial charge in [0.05, 0.1) is 6.61 Å². The van der Waals surface area contributed by atoms with Gasteiger partial charge < -0.3 is 9.64 Å². The second-order valence-corrected chi connectivity index (χ2v) is 5.07. The molecule has 1 atom stereocenters. The van der Waals surface area contributed by atoms with Gasteiger partial charge in [-0.1, -0.05) is 12.5 Å². The zero-order valence-electron chi connectivity index (χ0n) is 10.5. The van der Waals surface area contributed by atoms with E-state index in [1.807, 2.05) is 6.92 Å². The number of carbonyl (C=O) groups excluding carboxylic acids is 2. The summed E-state index contributed by atoms with van der Waals surface area (Å²) in [5.41, 5.74) is 1.17. The molecule has 2 aliphatic rings. The summed E-state index contributed by atoms with van der Waals surface area (Å²) in [5.74, 6) is 0.224. The molecule has 0 unspecified atom stereocenters. The Balaban J connectivity index is 2.11. The summed E-state index contributed by atoms with van der Waals surface area (Å²) in [7, 11) is 0. The van der Waals surface area contributed by atoms with Gasteiger partial charge in [0.25, 0.3) is 0 Å². The van der Waals surface area contributed by atoms with Crippen molar-refractivity contribution in [1.29, 1.82) is 0 Å². The van der Waals surface area contributed by atoms with E-state index in [1.165, 1.54) is 5.57 Å². The van der Waals surface area contributed by atoms with Crippen LogP contribution in [0.15, 0.2) is 11.6 Å². The van der Waals surface area contributed by atoms with Crippen molar-refractivity contribution in [3.05, 3.63) is 11.6 Å². The van der Waals surface area contributed by atoms with Gasteiger partial charge in [0.15, 0.2) is 5.78 Å². The maximum atomic E-state index is 11.7. The third kappa shape index (κ3) is 2.35. The van der Waals surface area contributed by atoms with Crippen LogP contribution in [-0.4, -0.2) is 36.5 Å². The Morgan fingerprint density at radius 1 is 1.53 bits per heavy atom. The molecule has 0 N–H and O–H groups in total. The molecule has 1 aliphatic carbocycles. The summed E-state index contributed by atoms with van der Waals surface area (Å²) in [6.07, 6.45) is 3.78. The predicted octanol–water partition coefficient (Wildman–Crippen LogP) is 2.14. The van der Waals surface area contributed by atoms with Crippen molar-refractivity contribution in [3.8, 4) is 0 Å². The molecule has 1 fully saturated rings. The molecule has 2 rings (SSSR count). The Kier molecular flexibility index (Phi) is 3.22. The Morgan fingerprint density at radius 2 is 2.29 bits per heavy atom. The number of piperidine rings is 1. The van der Waals surface area contributed by atoms with Crippen molar-refractivity contribution >= 4 is 11.9 Å². The van der Waals surface area contributed by atoms with Crippen LogP contribution in [0.3, 0.4) is 0 Å². The largest absolute Gasteiger partial charge is 0.450 e. The molecule has 1 aliphatic heterocycles. The third-order valence-corrected chi connectivity index (χ3v) is 3.75. The van der Waals surface area contributed by atoms with Gasteiger partial charge in [-0.2, -0.15) is 0 Å². The van der Waals surface area contributed by atoms with Crippen LogP contribution in [0.4, 0.5) is 4.79 Å². The number of fused-ring (bicyclic) bond motifs is 1. The smallest absolute Gasteiger partial charge is 0.409 e. The second kappa shape index (κ2) is 4.51. The first-order chi connectivity index (χ1) is 8.05. The summed E-state index contributed by atoms with van der Waals surface area (Å²) < 4.78 is 5.03. The lowest BCUT2D eigenvalue weighted by Crippen LogP contribution is -2.47. The molecule has 1 saturated heterocycles. The fourth-order valence-corrected chi connectivity index (χ4v) is 2.68. The third-order valence-electron chi connectivity index (χ3n) is 3.75. The minimum Gasteiger partial charge on any atom is -0.450 e. The molecule has 0 radical (unpaired) electrons.